The molecule has 0 spiro atoms. The second-order valence-electron chi connectivity index (χ2n) is 20.3. The largest absolute Gasteiger partial charge is 0.481 e. The maximum absolute atomic E-state index is 14.6. The summed E-state index contributed by atoms with van der Waals surface area (Å²) in [6.45, 7) is 15.2. The van der Waals surface area contributed by atoms with E-state index in [1.807, 2.05) is 58.0 Å². The molecule has 4 N–H and O–H groups in total. The predicted octanol–water partition coefficient (Wildman–Crippen LogP) is 5.57. The van der Waals surface area contributed by atoms with Crippen LogP contribution in [0.4, 0.5) is 0 Å². The molecule has 0 fully saturated rings. The van der Waals surface area contributed by atoms with Gasteiger partial charge < -0.3 is 49.6 Å². The fourth-order valence-electron chi connectivity index (χ4n) is 8.25. The van der Waals surface area contributed by atoms with E-state index in [-0.39, 0.29) is 126 Å². The number of esters is 1. The maximum atomic E-state index is 14.6. The second-order valence-corrected chi connectivity index (χ2v) is 21.2. The van der Waals surface area contributed by atoms with E-state index in [1.54, 1.807) is 38.1 Å². The first-order chi connectivity index (χ1) is 36.9. The number of Topliss-reactive ketones (excluding diaryl/α,β-unsaturated/α-hetero) is 3. The average molecular weight is 1110 g/mol. The van der Waals surface area contributed by atoms with Crippen molar-refractivity contribution in [1.82, 2.24) is 25.4 Å². The lowest BCUT2D eigenvalue weighted by Gasteiger charge is -2.39. The Morgan fingerprint density at radius 2 is 1.41 bits per heavy atom. The van der Waals surface area contributed by atoms with E-state index in [1.165, 1.54) is 18.9 Å². The number of carboxylic acid groups (broad SMARTS) is 1. The molecule has 1 unspecified atom stereocenters. The first kappa shape index (κ1) is 68.2. The number of hydrogen-bond donors (Lipinski definition) is 4. The minimum atomic E-state index is -1.30. The summed E-state index contributed by atoms with van der Waals surface area (Å²) < 4.78 is 21.9. The van der Waals surface area contributed by atoms with E-state index in [0.29, 0.717) is 43.8 Å². The number of aromatic nitrogens is 1. The highest BCUT2D eigenvalue weighted by Crippen LogP contribution is 2.33. The second kappa shape index (κ2) is 36.3. The predicted molar refractivity (Wildman–Crippen MR) is 293 cm³/mol. The van der Waals surface area contributed by atoms with Crippen LogP contribution >= 0.6 is 11.3 Å². The summed E-state index contributed by atoms with van der Waals surface area (Å²) in [7, 11) is 3.19. The number of aliphatic hydroxyl groups excluding tert-OH is 1. The van der Waals surface area contributed by atoms with Crippen molar-refractivity contribution in [3.63, 3.8) is 0 Å². The lowest BCUT2D eigenvalue weighted by Crippen LogP contribution is -2.53. The molecule has 1 aromatic carbocycles. The Morgan fingerprint density at radius 1 is 0.808 bits per heavy atom. The number of aliphatic carboxylic acids is 1. The molecule has 20 nitrogen and oxygen atoms in total. The number of carboxylic acids is 1. The Labute approximate surface area is 464 Å². The number of hydrogen-bond acceptors (Lipinski definition) is 16. The summed E-state index contributed by atoms with van der Waals surface area (Å²) in [5.74, 6) is -1.25. The number of rotatable bonds is 39. The summed E-state index contributed by atoms with van der Waals surface area (Å²) in [4.78, 5) is 124. The molecule has 0 radical (unpaired) electrons. The monoisotopic (exact) mass is 1110 g/mol. The summed E-state index contributed by atoms with van der Waals surface area (Å²) in [6, 6.07) is 8.38. The van der Waals surface area contributed by atoms with Crippen molar-refractivity contribution in [1.29, 1.82) is 0 Å². The standard InChI is InChI=1S/C57H85N5O15S/c1-11-39(4)46(35-50(67)57(7,8)62(10)52(69)24-30-75-28-16-20-45(66)22-21-44(65)19-15-27-74-29-23-51(68)58-25-31-76-32-26-63)55(71)61(9)48(38(2)3)36-49(77-41(6)64)54-60-47(37-78-54)53(70)59-43(33-40(5)56(72)73)34-42-17-13-12-14-18-42/h12-14,17-18,37-40,43,46,48-49,63H,11,15-16,19-20,23-36H2,1-10H3,(H,58,68)(H,59,70)(H,72,73)/t39-,40?,43+,46-,48+,49+/m0/s1. The highest BCUT2D eigenvalue weighted by Gasteiger charge is 2.41. The molecule has 0 bridgehead atoms. The van der Waals surface area contributed by atoms with Gasteiger partial charge in [-0.2, -0.15) is 0 Å². The number of nitrogens with one attached hydrogen (secondary N) is 2. The molecule has 1 heterocycles. The molecule has 2 rings (SSSR count). The number of thiazole rings is 1. The summed E-state index contributed by atoms with van der Waals surface area (Å²) in [5.41, 5.74) is -0.300. The molecule has 78 heavy (non-hydrogen) atoms. The van der Waals surface area contributed by atoms with E-state index in [2.05, 4.69) is 27.5 Å². The Balaban J connectivity index is 1.97. The number of amides is 4. The van der Waals surface area contributed by atoms with E-state index in [9.17, 15) is 48.3 Å². The van der Waals surface area contributed by atoms with Gasteiger partial charge in [0, 0.05) is 96.3 Å². The number of carbonyl (C=O) groups excluding carboxylic acids is 8. The van der Waals surface area contributed by atoms with Crippen molar-refractivity contribution in [3.05, 3.63) is 52.0 Å². The van der Waals surface area contributed by atoms with Gasteiger partial charge in [0.05, 0.1) is 50.9 Å². The van der Waals surface area contributed by atoms with Crippen LogP contribution in [0.25, 0.3) is 0 Å². The highest BCUT2D eigenvalue weighted by molar-refractivity contribution is 7.09. The fraction of sp³-hybridized carbons (Fsp3) is 0.649. The molecule has 0 saturated heterocycles. The van der Waals surface area contributed by atoms with Crippen molar-refractivity contribution >= 4 is 64.3 Å². The van der Waals surface area contributed by atoms with Crippen LogP contribution in [0.2, 0.25) is 0 Å². The van der Waals surface area contributed by atoms with Gasteiger partial charge in [-0.15, -0.1) is 11.3 Å². The quantitative estimate of drug-likeness (QED) is 0.0276. The van der Waals surface area contributed by atoms with Crippen molar-refractivity contribution in [3.8, 4) is 11.8 Å². The third-order valence-electron chi connectivity index (χ3n) is 13.5. The number of aliphatic hydroxyl groups is 1. The van der Waals surface area contributed by atoms with Crippen LogP contribution in [0, 0.1) is 35.5 Å². The SMILES string of the molecule is CC[C@H](C)[C@H](CC(=O)C(C)(C)N(C)C(=O)CCOCCCC(=O)C#CC(=O)CCCOCCC(=O)NCCOCCO)C(=O)N(C)[C@H](C[C@@H](OC(C)=O)c1nc(C(=O)N[C@@H](Cc2ccccc2)CC(C)C(=O)O)cs1)C(C)C. The molecular weight excluding hydrogens is 1030 g/mol. The van der Waals surface area contributed by atoms with Gasteiger partial charge in [-0.3, -0.25) is 43.2 Å². The van der Waals surface area contributed by atoms with Gasteiger partial charge in [-0.25, -0.2) is 4.98 Å². The van der Waals surface area contributed by atoms with Crippen LogP contribution in [-0.4, -0.2) is 162 Å². The molecular formula is C57H85N5O15S. The third kappa shape index (κ3) is 25.3. The van der Waals surface area contributed by atoms with Gasteiger partial charge >= 0.3 is 11.9 Å². The molecule has 0 aliphatic carbocycles. The van der Waals surface area contributed by atoms with Crippen LogP contribution in [0.15, 0.2) is 35.7 Å². The van der Waals surface area contributed by atoms with Gasteiger partial charge in [0.15, 0.2) is 11.9 Å². The van der Waals surface area contributed by atoms with Gasteiger partial charge in [-0.05, 0) is 68.8 Å². The molecule has 1 aromatic heterocycles. The summed E-state index contributed by atoms with van der Waals surface area (Å²) >= 11 is 1.13. The zero-order valence-electron chi connectivity index (χ0n) is 47.4. The van der Waals surface area contributed by atoms with E-state index >= 15 is 0 Å². The minimum Gasteiger partial charge on any atom is -0.481 e. The van der Waals surface area contributed by atoms with E-state index in [0.717, 1.165) is 16.9 Å². The Morgan fingerprint density at radius 3 is 1.97 bits per heavy atom. The third-order valence-corrected chi connectivity index (χ3v) is 14.5. The first-order valence-corrected chi connectivity index (χ1v) is 27.8. The lowest BCUT2D eigenvalue weighted by molar-refractivity contribution is -0.150. The maximum Gasteiger partial charge on any atom is 0.306 e. The number of ether oxygens (including phenoxy) is 4. The first-order valence-electron chi connectivity index (χ1n) is 26.9. The van der Waals surface area contributed by atoms with Gasteiger partial charge in [-0.1, -0.05) is 71.4 Å². The zero-order chi connectivity index (χ0) is 58.4. The molecule has 2 aromatic rings. The van der Waals surface area contributed by atoms with Crippen LogP contribution in [0.5, 0.6) is 0 Å². The fourth-order valence-corrected chi connectivity index (χ4v) is 9.09. The number of likely N-dealkylation sites (N-methyl/N-ethyl adjacent to an activating group) is 1. The van der Waals surface area contributed by atoms with Crippen molar-refractivity contribution in [2.24, 2.45) is 23.7 Å². The molecule has 4 amide bonds. The Bertz CT molecular complexity index is 2310. The summed E-state index contributed by atoms with van der Waals surface area (Å²) in [6.07, 6.45) is 1.16. The van der Waals surface area contributed by atoms with Gasteiger partial charge in [0.25, 0.3) is 5.91 Å². The number of benzene rings is 1. The van der Waals surface area contributed by atoms with Gasteiger partial charge in [0.2, 0.25) is 29.3 Å². The average Bonchev–Trinajstić information content (AvgIpc) is 3.90. The number of ketones is 3. The minimum absolute atomic E-state index is 0.0291. The van der Waals surface area contributed by atoms with E-state index < -0.39 is 65.0 Å². The Kier molecular flexibility index (Phi) is 31.7. The molecule has 0 aliphatic heterocycles. The van der Waals surface area contributed by atoms with Gasteiger partial charge in [0.1, 0.15) is 10.7 Å². The molecule has 0 aliphatic rings. The van der Waals surface area contributed by atoms with Crippen LogP contribution in [0.1, 0.15) is 147 Å². The number of nitrogens with zero attached hydrogens (tertiary/aromatic N) is 3. The topological polar surface area (TPSA) is 274 Å². The smallest absolute Gasteiger partial charge is 0.306 e. The Hall–Kier alpha value is -5.92. The van der Waals surface area contributed by atoms with E-state index in [4.69, 9.17) is 24.1 Å². The van der Waals surface area contributed by atoms with Crippen LogP contribution in [-0.2, 0) is 63.7 Å². The number of carbonyl (C=O) groups is 9. The highest BCUT2D eigenvalue weighted by atomic mass is 32.1. The summed E-state index contributed by atoms with van der Waals surface area (Å²) in [5, 5.41) is 25.8. The normalized spacial score (nSPS) is 13.6. The lowest BCUT2D eigenvalue weighted by atomic mass is 9.81. The van der Waals surface area contributed by atoms with Crippen LogP contribution < -0.4 is 10.6 Å². The van der Waals surface area contributed by atoms with Crippen molar-refractivity contribution in [2.75, 3.05) is 66.9 Å². The molecule has 434 valence electrons. The zero-order valence-corrected chi connectivity index (χ0v) is 48.2. The molecule has 6 atom stereocenters. The van der Waals surface area contributed by atoms with Crippen LogP contribution in [0.3, 0.4) is 0 Å². The molecule has 21 heteroatoms. The van der Waals surface area contributed by atoms with Crippen molar-refractivity contribution < 1.29 is 72.3 Å². The molecule has 0 saturated carbocycles. The van der Waals surface area contributed by atoms with Crippen molar-refractivity contribution in [2.45, 2.75) is 150 Å².